The molecule has 3 N–H and O–H groups in total. The van der Waals surface area contributed by atoms with Crippen LogP contribution in [0.4, 0.5) is 0 Å². The van der Waals surface area contributed by atoms with Crippen LogP contribution in [-0.4, -0.2) is 87.2 Å². The van der Waals surface area contributed by atoms with E-state index in [1.54, 1.807) is 65.8 Å². The number of ketones is 1. The number of carboxylic acid groups (broad SMARTS) is 1. The van der Waals surface area contributed by atoms with Crippen molar-refractivity contribution < 1.29 is 34.4 Å². The van der Waals surface area contributed by atoms with E-state index in [0.717, 1.165) is 0 Å². The minimum absolute atomic E-state index is 0.0249. The van der Waals surface area contributed by atoms with Gasteiger partial charge in [-0.3, -0.25) is 29.4 Å². The molecule has 0 aliphatic carbocycles. The number of hydrogen-bond acceptors (Lipinski definition) is 10. The summed E-state index contributed by atoms with van der Waals surface area (Å²) in [7, 11) is 3.03. The van der Waals surface area contributed by atoms with Crippen LogP contribution in [0.2, 0.25) is 0 Å². The van der Waals surface area contributed by atoms with Gasteiger partial charge in [-0.05, 0) is 60.7 Å². The van der Waals surface area contributed by atoms with Crippen molar-refractivity contribution in [3.05, 3.63) is 108 Å². The van der Waals surface area contributed by atoms with Crippen LogP contribution in [0.5, 0.6) is 23.0 Å². The highest BCUT2D eigenvalue weighted by Gasteiger charge is 2.44. The molecule has 0 radical (unpaired) electrons. The van der Waals surface area contributed by atoms with Gasteiger partial charge in [-0.25, -0.2) is 0 Å². The summed E-state index contributed by atoms with van der Waals surface area (Å²) >= 11 is 0. The van der Waals surface area contributed by atoms with Crippen molar-refractivity contribution >= 4 is 11.8 Å². The van der Waals surface area contributed by atoms with Crippen LogP contribution in [0.1, 0.15) is 40.5 Å². The van der Waals surface area contributed by atoms with Gasteiger partial charge in [0, 0.05) is 36.6 Å². The fraction of sp³-hybridized carbons (Fsp3) is 0.273. The minimum atomic E-state index is -1.06. The van der Waals surface area contributed by atoms with E-state index in [4.69, 9.17) is 9.47 Å². The Kier molecular flexibility index (Phi) is 9.37. The van der Waals surface area contributed by atoms with Crippen LogP contribution < -0.4 is 9.47 Å². The fourth-order valence-corrected chi connectivity index (χ4v) is 5.85. The summed E-state index contributed by atoms with van der Waals surface area (Å²) in [4.78, 5) is 38.6. The van der Waals surface area contributed by atoms with E-state index >= 15 is 0 Å². The number of benzene rings is 2. The van der Waals surface area contributed by atoms with Gasteiger partial charge in [-0.2, -0.15) is 0 Å². The third-order valence-electron chi connectivity index (χ3n) is 7.85. The Labute approximate surface area is 255 Å². The van der Waals surface area contributed by atoms with Crippen molar-refractivity contribution in [2.24, 2.45) is 0 Å². The van der Waals surface area contributed by atoms with Crippen molar-refractivity contribution in [1.82, 2.24) is 19.8 Å². The van der Waals surface area contributed by atoms with Crippen molar-refractivity contribution in [2.45, 2.75) is 18.0 Å². The smallest absolute Gasteiger partial charge is 0.317 e. The predicted molar refractivity (Wildman–Crippen MR) is 161 cm³/mol. The van der Waals surface area contributed by atoms with Crippen molar-refractivity contribution in [3.8, 4) is 23.0 Å². The number of ether oxygens (including phenoxy) is 2. The zero-order valence-corrected chi connectivity index (χ0v) is 24.4. The average Bonchev–Trinajstić information content (AvgIpc) is 3.37. The van der Waals surface area contributed by atoms with E-state index in [9.17, 15) is 24.9 Å². The molecule has 3 heterocycles. The molecule has 2 aromatic heterocycles. The summed E-state index contributed by atoms with van der Waals surface area (Å²) in [6, 6.07) is 19.1. The number of pyridine rings is 2. The molecule has 3 atom stereocenters. The first-order chi connectivity index (χ1) is 21.3. The summed E-state index contributed by atoms with van der Waals surface area (Å²) in [5.74, 6) is -0.965. The topological polar surface area (TPSA) is 146 Å². The van der Waals surface area contributed by atoms with Crippen LogP contribution in [0.25, 0.3) is 0 Å². The first kappa shape index (κ1) is 30.5. The average molecular weight is 599 g/mol. The van der Waals surface area contributed by atoms with Crippen LogP contribution in [-0.2, 0) is 9.59 Å². The number of nitrogens with zero attached hydrogens (tertiary/aromatic N) is 4. The van der Waals surface area contributed by atoms with Gasteiger partial charge in [0.2, 0.25) is 0 Å². The quantitative estimate of drug-likeness (QED) is 0.219. The Morgan fingerprint density at radius 2 is 1.64 bits per heavy atom. The van der Waals surface area contributed by atoms with Crippen molar-refractivity contribution in [3.63, 3.8) is 0 Å². The third kappa shape index (κ3) is 6.48. The number of likely N-dealkylation sites (tertiary alicyclic amines) is 1. The van der Waals surface area contributed by atoms with E-state index in [1.807, 2.05) is 17.0 Å². The highest BCUT2D eigenvalue weighted by molar-refractivity contribution is 5.91. The van der Waals surface area contributed by atoms with Gasteiger partial charge in [0.05, 0.1) is 56.7 Å². The van der Waals surface area contributed by atoms with Crippen LogP contribution in [0.15, 0.2) is 85.2 Å². The maximum absolute atomic E-state index is 13.6. The highest BCUT2D eigenvalue weighted by Crippen LogP contribution is 2.45. The molecule has 2 aromatic carbocycles. The number of rotatable bonds is 12. The van der Waals surface area contributed by atoms with Gasteiger partial charge in [0.15, 0.2) is 5.78 Å². The summed E-state index contributed by atoms with van der Waals surface area (Å²) < 4.78 is 10.8. The molecule has 3 unspecified atom stereocenters. The Hall–Kier alpha value is -5.00. The number of aromatic hydroxyl groups is 2. The van der Waals surface area contributed by atoms with Crippen molar-refractivity contribution in [1.29, 1.82) is 0 Å². The van der Waals surface area contributed by atoms with Gasteiger partial charge < -0.3 is 24.8 Å². The Balaban J connectivity index is 1.53. The molecule has 5 rings (SSSR count). The molecule has 1 aliphatic heterocycles. The van der Waals surface area contributed by atoms with Crippen LogP contribution in [0.3, 0.4) is 0 Å². The lowest BCUT2D eigenvalue weighted by Crippen LogP contribution is -2.41. The normalized spacial score (nSPS) is 17.5. The van der Waals surface area contributed by atoms with Gasteiger partial charge in [0.25, 0.3) is 0 Å². The van der Waals surface area contributed by atoms with Crippen LogP contribution in [0, 0.1) is 0 Å². The number of carbonyl (C=O) groups is 2. The lowest BCUT2D eigenvalue weighted by molar-refractivity contribution is -0.138. The molecule has 1 fully saturated rings. The van der Waals surface area contributed by atoms with Gasteiger partial charge in [-0.15, -0.1) is 0 Å². The van der Waals surface area contributed by atoms with Gasteiger partial charge >= 0.3 is 5.97 Å². The Morgan fingerprint density at radius 3 is 2.27 bits per heavy atom. The van der Waals surface area contributed by atoms with E-state index in [2.05, 4.69) is 9.97 Å². The molecule has 1 aliphatic rings. The molecular weight excluding hydrogens is 564 g/mol. The molecule has 11 nitrogen and oxygen atoms in total. The first-order valence-corrected chi connectivity index (χ1v) is 14.1. The first-order valence-electron chi connectivity index (χ1n) is 14.1. The van der Waals surface area contributed by atoms with Gasteiger partial charge in [-0.1, -0.05) is 12.1 Å². The number of methoxy groups -OCH3 is 2. The standard InChI is InChI=1S/C33H34N4O7/c1-43-21-9-11-27(38)23(17-21)31-29(40)19-36(33(31)26-8-4-6-14-35-26)15-16-37(20-30(41)42)32(25-7-3-5-13-34-25)24-18-22(44-2)10-12-28(24)39/h3-14,17-18,31-33,38-39H,15-16,19-20H2,1-2H3,(H,41,42). The maximum atomic E-state index is 13.6. The molecule has 44 heavy (non-hydrogen) atoms. The number of aromatic nitrogens is 2. The summed E-state index contributed by atoms with van der Waals surface area (Å²) in [6.45, 7) is 0.156. The molecule has 0 spiro atoms. The molecule has 4 aromatic rings. The lowest BCUT2D eigenvalue weighted by atomic mass is 9.88. The van der Waals surface area contributed by atoms with Crippen LogP contribution >= 0.6 is 0 Å². The number of hydrogen-bond donors (Lipinski definition) is 3. The number of carboxylic acids is 1. The largest absolute Gasteiger partial charge is 0.508 e. The summed E-state index contributed by atoms with van der Waals surface area (Å²) in [5.41, 5.74) is 2.04. The molecule has 228 valence electrons. The second kappa shape index (κ2) is 13.5. The summed E-state index contributed by atoms with van der Waals surface area (Å²) in [5, 5.41) is 31.7. The van der Waals surface area contributed by atoms with E-state index in [1.165, 1.54) is 26.4 Å². The van der Waals surface area contributed by atoms with Gasteiger partial charge in [0.1, 0.15) is 23.0 Å². The maximum Gasteiger partial charge on any atom is 0.317 e. The zero-order valence-electron chi connectivity index (χ0n) is 24.4. The SMILES string of the molecule is COc1ccc(O)c(C2C(=O)CN(CCN(CC(=O)O)C(c3ccccn3)c3cc(OC)ccc3O)C2c2ccccn2)c1. The van der Waals surface area contributed by atoms with Crippen molar-refractivity contribution in [2.75, 3.05) is 40.4 Å². The summed E-state index contributed by atoms with van der Waals surface area (Å²) in [6.07, 6.45) is 3.26. The third-order valence-corrected chi connectivity index (χ3v) is 7.85. The minimum Gasteiger partial charge on any atom is -0.508 e. The molecule has 1 saturated heterocycles. The van der Waals surface area contributed by atoms with E-state index in [0.29, 0.717) is 34.0 Å². The number of Topliss-reactive ketones (excluding diaryl/α,β-unsaturated/α-hetero) is 1. The van der Waals surface area contributed by atoms with E-state index < -0.39 is 24.0 Å². The number of aliphatic carboxylic acids is 1. The second-order valence-corrected chi connectivity index (χ2v) is 10.5. The Morgan fingerprint density at radius 1 is 0.955 bits per heavy atom. The fourth-order valence-electron chi connectivity index (χ4n) is 5.85. The lowest BCUT2D eigenvalue weighted by Gasteiger charge is -2.34. The zero-order chi connectivity index (χ0) is 31.2. The second-order valence-electron chi connectivity index (χ2n) is 10.5. The number of phenolic OH excluding ortho intramolecular Hbond substituents is 2. The molecule has 11 heteroatoms. The monoisotopic (exact) mass is 598 g/mol. The highest BCUT2D eigenvalue weighted by atomic mass is 16.5. The van der Waals surface area contributed by atoms with E-state index in [-0.39, 0.29) is 43.5 Å². The molecule has 0 bridgehead atoms. The molecular formula is C33H34N4O7. The Bertz CT molecular complexity index is 1600. The molecule has 0 saturated carbocycles. The number of carbonyl (C=O) groups excluding carboxylic acids is 1. The molecule has 0 amide bonds. The number of phenols is 2. The predicted octanol–water partition coefficient (Wildman–Crippen LogP) is 3.79.